The highest BCUT2D eigenvalue weighted by molar-refractivity contribution is 5.89. The van der Waals surface area contributed by atoms with Gasteiger partial charge in [0.05, 0.1) is 17.2 Å². The van der Waals surface area contributed by atoms with Gasteiger partial charge in [0.1, 0.15) is 5.82 Å². The molecular weight excluding hydrogens is 371 g/mol. The number of carbonyl (C=O) groups excluding carboxylic acids is 1. The number of hydrogen-bond acceptors (Lipinski definition) is 3. The van der Waals surface area contributed by atoms with Crippen molar-refractivity contribution in [1.29, 1.82) is 0 Å². The highest BCUT2D eigenvalue weighted by Gasteiger charge is 2.25. The lowest BCUT2D eigenvalue weighted by Gasteiger charge is -2.32. The van der Waals surface area contributed by atoms with Gasteiger partial charge < -0.3 is 10.2 Å². The predicted octanol–water partition coefficient (Wildman–Crippen LogP) is 4.02. The maximum absolute atomic E-state index is 13.4. The summed E-state index contributed by atoms with van der Waals surface area (Å²) >= 11 is 0. The van der Waals surface area contributed by atoms with Crippen LogP contribution >= 0.6 is 0 Å². The summed E-state index contributed by atoms with van der Waals surface area (Å²) in [6.07, 6.45) is 2.81. The van der Waals surface area contributed by atoms with E-state index in [1.165, 1.54) is 24.5 Å². The Labute approximate surface area is 168 Å². The molecule has 29 heavy (non-hydrogen) atoms. The molecule has 0 unspecified atom stereocenters. The number of fused-ring (bicyclic) bond motifs is 1. The zero-order chi connectivity index (χ0) is 20.5. The lowest BCUT2D eigenvalue weighted by molar-refractivity contribution is 0.182. The summed E-state index contributed by atoms with van der Waals surface area (Å²) < 4.78 is 15.0. The average molecular weight is 394 g/mol. The molecule has 1 N–H and O–H groups in total. The lowest BCUT2D eigenvalue weighted by atomic mass is 10.0. The fourth-order valence-electron chi connectivity index (χ4n) is 3.96. The largest absolute Gasteiger partial charge is 0.324 e. The highest BCUT2D eigenvalue weighted by atomic mass is 19.1. The van der Waals surface area contributed by atoms with Crippen LogP contribution in [0.5, 0.6) is 0 Å². The number of anilines is 1. The number of rotatable bonds is 2. The van der Waals surface area contributed by atoms with Gasteiger partial charge in [-0.25, -0.2) is 14.2 Å². The van der Waals surface area contributed by atoms with Gasteiger partial charge in [-0.05, 0) is 62.1 Å². The molecule has 0 atom stereocenters. The molecule has 0 spiro atoms. The fraction of sp³-hybridized carbons (Fsp3) is 0.318. The Kier molecular flexibility index (Phi) is 5.05. The quantitative estimate of drug-likeness (QED) is 0.714. The number of carbonyl (C=O) groups is 1. The molecule has 1 saturated heterocycles. The summed E-state index contributed by atoms with van der Waals surface area (Å²) in [6.45, 7) is 5.10. The number of likely N-dealkylation sites (tertiary alicyclic amines) is 1. The fourth-order valence-corrected chi connectivity index (χ4v) is 3.96. The number of benzene rings is 2. The number of urea groups is 1. The van der Waals surface area contributed by atoms with Gasteiger partial charge >= 0.3 is 6.03 Å². The molecule has 150 valence electrons. The second-order valence-corrected chi connectivity index (χ2v) is 7.64. The molecule has 3 aromatic rings. The third-order valence-electron chi connectivity index (χ3n) is 5.36. The maximum Gasteiger partial charge on any atom is 0.321 e. The van der Waals surface area contributed by atoms with Gasteiger partial charge in [0.15, 0.2) is 0 Å². The third-order valence-corrected chi connectivity index (χ3v) is 5.36. The Hall–Kier alpha value is -3.22. The van der Waals surface area contributed by atoms with Crippen molar-refractivity contribution in [2.45, 2.75) is 32.7 Å². The second-order valence-electron chi connectivity index (χ2n) is 7.64. The molecule has 4 rings (SSSR count). The first-order valence-corrected chi connectivity index (χ1v) is 9.71. The molecule has 1 aromatic heterocycles. The Morgan fingerprint density at radius 3 is 2.48 bits per heavy atom. The minimum Gasteiger partial charge on any atom is -0.324 e. The van der Waals surface area contributed by atoms with Gasteiger partial charge in [-0.1, -0.05) is 6.07 Å². The van der Waals surface area contributed by atoms with E-state index in [1.54, 1.807) is 9.47 Å². The van der Waals surface area contributed by atoms with Crippen molar-refractivity contribution in [2.24, 2.45) is 0 Å². The van der Waals surface area contributed by atoms with E-state index in [0.29, 0.717) is 36.8 Å². The standard InChI is InChI=1S/C22H23FN4O2/c1-14-9-15(2)11-17(10-14)25-22(29)26-7-5-18(6-8-26)27-13-24-20-12-16(23)3-4-19(20)21(27)28/h3-4,9-13,18H,5-8H2,1-2H3,(H,25,29). The number of nitrogens with zero attached hydrogens (tertiary/aromatic N) is 3. The molecule has 0 aliphatic carbocycles. The summed E-state index contributed by atoms with van der Waals surface area (Å²) in [4.78, 5) is 31.4. The van der Waals surface area contributed by atoms with Crippen molar-refractivity contribution in [1.82, 2.24) is 14.5 Å². The van der Waals surface area contributed by atoms with Crippen LogP contribution in [0.4, 0.5) is 14.9 Å². The van der Waals surface area contributed by atoms with E-state index in [0.717, 1.165) is 16.8 Å². The van der Waals surface area contributed by atoms with Crippen LogP contribution < -0.4 is 10.9 Å². The van der Waals surface area contributed by atoms with Crippen molar-refractivity contribution < 1.29 is 9.18 Å². The number of nitrogens with one attached hydrogen (secondary N) is 1. The molecule has 1 fully saturated rings. The molecule has 2 amide bonds. The number of halogens is 1. The molecule has 2 heterocycles. The van der Waals surface area contributed by atoms with Crippen LogP contribution in [0, 0.1) is 19.7 Å². The van der Waals surface area contributed by atoms with E-state index in [2.05, 4.69) is 16.4 Å². The summed E-state index contributed by atoms with van der Waals surface area (Å²) in [7, 11) is 0. The Balaban J connectivity index is 1.44. The summed E-state index contributed by atoms with van der Waals surface area (Å²) in [6, 6.07) is 9.80. The Morgan fingerprint density at radius 2 is 1.79 bits per heavy atom. The van der Waals surface area contributed by atoms with E-state index >= 15 is 0 Å². The van der Waals surface area contributed by atoms with E-state index < -0.39 is 5.82 Å². The maximum atomic E-state index is 13.4. The van der Waals surface area contributed by atoms with Crippen LogP contribution in [-0.4, -0.2) is 33.6 Å². The molecule has 7 heteroatoms. The van der Waals surface area contributed by atoms with Crippen LogP contribution in [0.3, 0.4) is 0 Å². The molecule has 1 aliphatic heterocycles. The Morgan fingerprint density at radius 1 is 1.10 bits per heavy atom. The number of aromatic nitrogens is 2. The molecule has 2 aromatic carbocycles. The number of amides is 2. The van der Waals surface area contributed by atoms with Crippen LogP contribution in [0.1, 0.15) is 30.0 Å². The SMILES string of the molecule is Cc1cc(C)cc(NC(=O)N2CCC(n3cnc4cc(F)ccc4c3=O)CC2)c1. The van der Waals surface area contributed by atoms with Crippen LogP contribution in [-0.2, 0) is 0 Å². The smallest absolute Gasteiger partial charge is 0.321 e. The van der Waals surface area contributed by atoms with E-state index in [-0.39, 0.29) is 17.6 Å². The van der Waals surface area contributed by atoms with E-state index in [1.807, 2.05) is 26.0 Å². The first-order chi connectivity index (χ1) is 13.9. The molecular formula is C22H23FN4O2. The monoisotopic (exact) mass is 394 g/mol. The molecule has 1 aliphatic rings. The summed E-state index contributed by atoms with van der Waals surface area (Å²) in [5, 5.41) is 3.37. The number of aryl methyl sites for hydroxylation is 2. The van der Waals surface area contributed by atoms with Crippen LogP contribution in [0.25, 0.3) is 10.9 Å². The second kappa shape index (κ2) is 7.66. The van der Waals surface area contributed by atoms with Crippen molar-refractivity contribution >= 4 is 22.6 Å². The van der Waals surface area contributed by atoms with Crippen molar-refractivity contribution in [2.75, 3.05) is 18.4 Å². The van der Waals surface area contributed by atoms with Crippen molar-refractivity contribution in [3.8, 4) is 0 Å². The van der Waals surface area contributed by atoms with Crippen molar-refractivity contribution in [3.63, 3.8) is 0 Å². The zero-order valence-electron chi connectivity index (χ0n) is 16.5. The molecule has 0 saturated carbocycles. The van der Waals surface area contributed by atoms with E-state index in [4.69, 9.17) is 0 Å². The molecule has 0 radical (unpaired) electrons. The Bertz CT molecular complexity index is 1110. The lowest BCUT2D eigenvalue weighted by Crippen LogP contribution is -2.42. The van der Waals surface area contributed by atoms with Crippen LogP contribution in [0.15, 0.2) is 47.5 Å². The normalized spacial score (nSPS) is 14.9. The average Bonchev–Trinajstić information content (AvgIpc) is 2.67. The van der Waals surface area contributed by atoms with Gasteiger partial charge in [0.2, 0.25) is 0 Å². The minimum atomic E-state index is -0.412. The number of piperidine rings is 1. The first-order valence-electron chi connectivity index (χ1n) is 9.71. The molecule has 6 nitrogen and oxygen atoms in total. The van der Waals surface area contributed by atoms with Gasteiger partial charge in [-0.2, -0.15) is 0 Å². The number of hydrogen-bond donors (Lipinski definition) is 1. The summed E-state index contributed by atoms with van der Waals surface area (Å²) in [5.74, 6) is -0.412. The topological polar surface area (TPSA) is 67.2 Å². The van der Waals surface area contributed by atoms with Gasteiger partial charge in [-0.15, -0.1) is 0 Å². The minimum absolute atomic E-state index is 0.0327. The van der Waals surface area contributed by atoms with E-state index in [9.17, 15) is 14.0 Å². The van der Waals surface area contributed by atoms with Crippen LogP contribution in [0.2, 0.25) is 0 Å². The molecule has 0 bridgehead atoms. The predicted molar refractivity (Wildman–Crippen MR) is 111 cm³/mol. The van der Waals surface area contributed by atoms with Crippen molar-refractivity contribution in [3.05, 3.63) is 70.0 Å². The summed E-state index contributed by atoms with van der Waals surface area (Å²) in [5.41, 5.74) is 3.17. The third kappa shape index (κ3) is 3.99. The first kappa shape index (κ1) is 19.1. The highest BCUT2D eigenvalue weighted by Crippen LogP contribution is 2.23. The van der Waals surface area contributed by atoms with Gasteiger partial charge in [-0.3, -0.25) is 9.36 Å². The van der Waals surface area contributed by atoms with Gasteiger partial charge in [0.25, 0.3) is 5.56 Å². The zero-order valence-corrected chi connectivity index (χ0v) is 16.5. The van der Waals surface area contributed by atoms with Gasteiger partial charge in [0, 0.05) is 30.9 Å².